The van der Waals surface area contributed by atoms with Crippen LogP contribution in [0.5, 0.6) is 0 Å². The molecule has 5 heteroatoms. The van der Waals surface area contributed by atoms with Crippen LogP contribution in [0.1, 0.15) is 45.0 Å². The van der Waals surface area contributed by atoms with Crippen molar-refractivity contribution < 1.29 is 14.1 Å². The highest BCUT2D eigenvalue weighted by Gasteiger charge is 2.06. The highest BCUT2D eigenvalue weighted by molar-refractivity contribution is 7.80. The molecule has 0 amide bonds. The zero-order valence-corrected chi connectivity index (χ0v) is 21.6. The molecule has 2 aromatic rings. The number of anilines is 2. The van der Waals surface area contributed by atoms with Gasteiger partial charge in [0.25, 0.3) is 0 Å². The van der Waals surface area contributed by atoms with Crippen LogP contribution < -0.4 is 9.88 Å². The molecule has 0 spiro atoms. The first-order chi connectivity index (χ1) is 15.9. The third-order valence-electron chi connectivity index (χ3n) is 3.88. The standard InChI is InChI=1S/C23H26N2O2S.C3H6.C2H6/c1-18(2)12-16-27-23(26)20-6-8-21(9-7-20)24-22-10-14-25(15-11-22)13-4-5-19(3)17-28;1-3-2;1-2/h4-12,14-15,28H,3,13,16-17H2,1-2H3;3H,1H2,2H3;1-2H3/p+1/b5-4+;;. The van der Waals surface area contributed by atoms with E-state index in [0.29, 0.717) is 17.9 Å². The topological polar surface area (TPSA) is 42.2 Å². The molecule has 0 fully saturated rings. The van der Waals surface area contributed by atoms with Crippen molar-refractivity contribution in [3.63, 3.8) is 0 Å². The number of hydrogen-bond acceptors (Lipinski definition) is 4. The second kappa shape index (κ2) is 18.5. The Balaban J connectivity index is 0.00000189. The van der Waals surface area contributed by atoms with Gasteiger partial charge in [-0.3, -0.25) is 0 Å². The van der Waals surface area contributed by atoms with E-state index in [1.165, 1.54) is 0 Å². The van der Waals surface area contributed by atoms with Crippen molar-refractivity contribution in [1.82, 2.24) is 0 Å². The normalized spacial score (nSPS) is 9.52. The molecule has 178 valence electrons. The van der Waals surface area contributed by atoms with Crippen LogP contribution in [-0.2, 0) is 11.3 Å². The predicted molar refractivity (Wildman–Crippen MR) is 145 cm³/mol. The number of hydrogen-bond donors (Lipinski definition) is 2. The van der Waals surface area contributed by atoms with Crippen LogP contribution in [-0.4, -0.2) is 18.3 Å². The number of benzene rings is 1. The van der Waals surface area contributed by atoms with Crippen molar-refractivity contribution in [3.8, 4) is 0 Å². The highest BCUT2D eigenvalue weighted by atomic mass is 32.1. The van der Waals surface area contributed by atoms with Gasteiger partial charge in [-0.05, 0) is 62.8 Å². The lowest BCUT2D eigenvalue weighted by atomic mass is 10.2. The second-order valence-corrected chi connectivity index (χ2v) is 7.31. The summed E-state index contributed by atoms with van der Waals surface area (Å²) in [5, 5.41) is 3.32. The SMILES string of the molecule is C=C(/C=C/C[n+]1ccc(Nc2ccc(C(=O)OCC=C(C)C)cc2)cc1)CS.C=CC.CC. The number of rotatable bonds is 9. The van der Waals surface area contributed by atoms with E-state index in [4.69, 9.17) is 4.74 Å². The molecule has 33 heavy (non-hydrogen) atoms. The van der Waals surface area contributed by atoms with Crippen LogP contribution in [0.4, 0.5) is 11.4 Å². The lowest BCUT2D eigenvalue weighted by molar-refractivity contribution is -0.686. The Labute approximate surface area is 205 Å². The molecule has 0 aliphatic carbocycles. The maximum atomic E-state index is 12.0. The Kier molecular flexibility index (Phi) is 16.8. The maximum Gasteiger partial charge on any atom is 0.338 e. The molecule has 0 bridgehead atoms. The molecule has 0 saturated heterocycles. The number of esters is 1. The number of carbonyl (C=O) groups excluding carboxylic acids is 1. The van der Waals surface area contributed by atoms with Gasteiger partial charge in [0, 0.05) is 23.6 Å². The zero-order chi connectivity index (χ0) is 25.1. The minimum Gasteiger partial charge on any atom is -0.458 e. The van der Waals surface area contributed by atoms with Crippen molar-refractivity contribution in [2.45, 2.75) is 41.2 Å². The molecule has 0 aliphatic rings. The van der Waals surface area contributed by atoms with E-state index >= 15 is 0 Å². The zero-order valence-electron chi connectivity index (χ0n) is 20.7. The maximum absolute atomic E-state index is 12.0. The Bertz CT molecular complexity index is 894. The van der Waals surface area contributed by atoms with E-state index in [0.717, 1.165) is 29.1 Å². The minimum absolute atomic E-state index is 0.295. The van der Waals surface area contributed by atoms with Crippen LogP contribution in [0, 0.1) is 0 Å². The van der Waals surface area contributed by atoms with Gasteiger partial charge in [0.05, 0.1) is 11.3 Å². The summed E-state index contributed by atoms with van der Waals surface area (Å²) in [6.07, 6.45) is 11.7. The predicted octanol–water partition coefficient (Wildman–Crippen LogP) is 7.10. The Hall–Kier alpha value is -3.05. The fourth-order valence-electron chi connectivity index (χ4n) is 2.28. The molecular weight excluding hydrogens is 428 g/mol. The summed E-state index contributed by atoms with van der Waals surface area (Å²) in [5.74, 6) is 0.342. The summed E-state index contributed by atoms with van der Waals surface area (Å²) in [6.45, 7) is 18.1. The van der Waals surface area contributed by atoms with E-state index in [2.05, 4.69) is 41.7 Å². The summed E-state index contributed by atoms with van der Waals surface area (Å²) >= 11 is 4.18. The van der Waals surface area contributed by atoms with E-state index in [9.17, 15) is 4.79 Å². The number of nitrogens with zero attached hydrogens (tertiary/aromatic N) is 1. The first-order valence-corrected chi connectivity index (χ1v) is 11.7. The first-order valence-electron chi connectivity index (χ1n) is 11.1. The van der Waals surface area contributed by atoms with Crippen LogP contribution in [0.15, 0.2) is 97.4 Å². The monoisotopic (exact) mass is 467 g/mol. The molecule has 1 heterocycles. The number of aromatic nitrogens is 1. The Morgan fingerprint density at radius 1 is 1.09 bits per heavy atom. The average Bonchev–Trinajstić information content (AvgIpc) is 2.82. The first kappa shape index (κ1) is 30.0. The van der Waals surface area contributed by atoms with Gasteiger partial charge in [-0.1, -0.05) is 38.2 Å². The minimum atomic E-state index is -0.321. The third-order valence-corrected chi connectivity index (χ3v) is 4.29. The van der Waals surface area contributed by atoms with Gasteiger partial charge in [-0.25, -0.2) is 9.36 Å². The largest absolute Gasteiger partial charge is 0.458 e. The van der Waals surface area contributed by atoms with Gasteiger partial charge in [0.1, 0.15) is 6.61 Å². The molecule has 1 N–H and O–H groups in total. The Morgan fingerprint density at radius 2 is 1.64 bits per heavy atom. The fourth-order valence-corrected chi connectivity index (χ4v) is 2.39. The summed E-state index contributed by atoms with van der Waals surface area (Å²) in [7, 11) is 0. The molecule has 2 rings (SSSR count). The number of ether oxygens (including phenoxy) is 1. The van der Waals surface area contributed by atoms with Gasteiger partial charge in [-0.2, -0.15) is 12.6 Å². The van der Waals surface area contributed by atoms with E-state index in [1.807, 2.05) is 83.4 Å². The van der Waals surface area contributed by atoms with Crippen molar-refractivity contribution in [2.75, 3.05) is 17.7 Å². The number of carbonyl (C=O) groups is 1. The lowest BCUT2D eigenvalue weighted by Crippen LogP contribution is -2.31. The molecule has 0 aliphatic heterocycles. The van der Waals surface area contributed by atoms with E-state index in [-0.39, 0.29) is 5.97 Å². The summed E-state index contributed by atoms with van der Waals surface area (Å²) in [4.78, 5) is 12.0. The summed E-state index contributed by atoms with van der Waals surface area (Å²) in [5.41, 5.74) is 4.53. The number of pyridine rings is 1. The fraction of sp³-hybridized carbons (Fsp3) is 0.286. The molecule has 0 atom stereocenters. The van der Waals surface area contributed by atoms with Crippen LogP contribution in [0.3, 0.4) is 0 Å². The van der Waals surface area contributed by atoms with Crippen molar-refractivity contribution in [1.29, 1.82) is 0 Å². The third kappa shape index (κ3) is 13.9. The molecule has 0 radical (unpaired) electrons. The molecule has 0 saturated carbocycles. The lowest BCUT2D eigenvalue weighted by Gasteiger charge is -2.07. The average molecular weight is 468 g/mol. The quantitative estimate of drug-likeness (QED) is 0.136. The van der Waals surface area contributed by atoms with Crippen LogP contribution in [0.25, 0.3) is 0 Å². The van der Waals surface area contributed by atoms with Crippen LogP contribution in [0.2, 0.25) is 0 Å². The smallest absolute Gasteiger partial charge is 0.338 e. The summed E-state index contributed by atoms with van der Waals surface area (Å²) in [6, 6.07) is 11.3. The second-order valence-electron chi connectivity index (χ2n) is 6.99. The van der Waals surface area contributed by atoms with Crippen molar-refractivity contribution >= 4 is 30.0 Å². The van der Waals surface area contributed by atoms with Gasteiger partial charge < -0.3 is 10.1 Å². The van der Waals surface area contributed by atoms with Gasteiger partial charge in [0.15, 0.2) is 18.9 Å². The van der Waals surface area contributed by atoms with Gasteiger partial charge >= 0.3 is 5.97 Å². The molecule has 4 nitrogen and oxygen atoms in total. The molecular formula is C28H39N2O2S+. The van der Waals surface area contributed by atoms with Crippen molar-refractivity contribution in [3.05, 3.63) is 103 Å². The van der Waals surface area contributed by atoms with E-state index < -0.39 is 0 Å². The van der Waals surface area contributed by atoms with Crippen molar-refractivity contribution in [2.24, 2.45) is 0 Å². The van der Waals surface area contributed by atoms with Gasteiger partial charge in [-0.15, -0.1) is 6.58 Å². The number of allylic oxidation sites excluding steroid dienone is 4. The molecule has 0 unspecified atom stereocenters. The molecule has 1 aromatic carbocycles. The Morgan fingerprint density at radius 3 is 2.15 bits per heavy atom. The van der Waals surface area contributed by atoms with Crippen LogP contribution >= 0.6 is 12.6 Å². The van der Waals surface area contributed by atoms with Gasteiger partial charge in [0.2, 0.25) is 0 Å². The van der Waals surface area contributed by atoms with E-state index in [1.54, 1.807) is 18.2 Å². The number of thiol groups is 1. The number of nitrogens with one attached hydrogen (secondary N) is 1. The molecule has 1 aromatic heterocycles. The highest BCUT2D eigenvalue weighted by Crippen LogP contribution is 2.16. The summed E-state index contributed by atoms with van der Waals surface area (Å²) < 4.78 is 7.28.